The number of amides is 1. The van der Waals surface area contributed by atoms with Crippen LogP contribution in [0.4, 0.5) is 0 Å². The number of carbonyl (C=O) groups excluding carboxylic acids is 2. The number of nitriles is 2. The molecule has 0 aliphatic rings. The standard InChI is InChI=1S/C27H34N6O3S/c1-5-21-22(12-28)24(15-31-10-11-36-27(35)25(30)17(2)3)33-26(23(21)13-29)37-16-20-8-6-19(7-9-20)14-32-18(4)34/h6-9,17,25,31H,5,10-11,14-16,30H2,1-4H3,(H,32,34)/t25-/m0/s1. The van der Waals surface area contributed by atoms with Crippen molar-refractivity contribution in [3.05, 3.63) is 57.8 Å². The van der Waals surface area contributed by atoms with E-state index >= 15 is 0 Å². The van der Waals surface area contributed by atoms with Crippen molar-refractivity contribution in [3.63, 3.8) is 0 Å². The molecule has 0 unspecified atom stereocenters. The van der Waals surface area contributed by atoms with Crippen LogP contribution in [-0.2, 0) is 39.6 Å². The minimum absolute atomic E-state index is 0.00782. The van der Waals surface area contributed by atoms with Gasteiger partial charge in [-0.1, -0.05) is 45.0 Å². The Morgan fingerprint density at radius 3 is 2.32 bits per heavy atom. The zero-order valence-electron chi connectivity index (χ0n) is 21.8. The molecule has 0 radical (unpaired) electrons. The average Bonchev–Trinajstić information content (AvgIpc) is 2.89. The number of nitrogens with two attached hydrogens (primary N) is 1. The summed E-state index contributed by atoms with van der Waals surface area (Å²) in [5.41, 5.74) is 9.90. The van der Waals surface area contributed by atoms with Gasteiger partial charge in [0.2, 0.25) is 5.91 Å². The second-order valence-corrected chi connectivity index (χ2v) is 9.76. The van der Waals surface area contributed by atoms with E-state index in [1.165, 1.54) is 18.7 Å². The van der Waals surface area contributed by atoms with E-state index in [4.69, 9.17) is 10.5 Å². The molecule has 37 heavy (non-hydrogen) atoms. The number of esters is 1. The molecule has 0 fully saturated rings. The molecule has 1 heterocycles. The molecule has 196 valence electrons. The summed E-state index contributed by atoms with van der Waals surface area (Å²) in [6, 6.07) is 11.7. The number of nitrogens with one attached hydrogen (secondary N) is 2. The lowest BCUT2D eigenvalue weighted by atomic mass is 10.00. The number of hydrogen-bond acceptors (Lipinski definition) is 9. The van der Waals surface area contributed by atoms with E-state index < -0.39 is 12.0 Å². The van der Waals surface area contributed by atoms with Gasteiger partial charge in [0.1, 0.15) is 29.8 Å². The molecule has 1 aromatic carbocycles. The summed E-state index contributed by atoms with van der Waals surface area (Å²) in [5, 5.41) is 26.1. The van der Waals surface area contributed by atoms with Crippen molar-refractivity contribution >= 4 is 23.6 Å². The van der Waals surface area contributed by atoms with Gasteiger partial charge < -0.3 is 21.1 Å². The highest BCUT2D eigenvalue weighted by Crippen LogP contribution is 2.30. The third-order valence-corrected chi connectivity index (χ3v) is 6.71. The van der Waals surface area contributed by atoms with Gasteiger partial charge in [-0.05, 0) is 29.0 Å². The Bertz CT molecular complexity index is 1170. The van der Waals surface area contributed by atoms with Crippen molar-refractivity contribution in [2.24, 2.45) is 11.7 Å². The Kier molecular flexibility index (Phi) is 12.0. The number of aromatic nitrogens is 1. The van der Waals surface area contributed by atoms with Crippen molar-refractivity contribution in [1.82, 2.24) is 15.6 Å². The van der Waals surface area contributed by atoms with Gasteiger partial charge >= 0.3 is 5.97 Å². The van der Waals surface area contributed by atoms with Gasteiger partial charge in [-0.15, -0.1) is 11.8 Å². The smallest absolute Gasteiger partial charge is 0.323 e. The lowest BCUT2D eigenvalue weighted by molar-refractivity contribution is -0.146. The fourth-order valence-corrected chi connectivity index (χ4v) is 4.41. The predicted octanol–water partition coefficient (Wildman–Crippen LogP) is 2.93. The van der Waals surface area contributed by atoms with E-state index in [-0.39, 0.29) is 18.4 Å². The normalized spacial score (nSPS) is 11.5. The minimum Gasteiger partial charge on any atom is -0.463 e. The molecule has 1 aromatic heterocycles. The van der Waals surface area contributed by atoms with Crippen molar-refractivity contribution in [2.75, 3.05) is 13.2 Å². The first-order chi connectivity index (χ1) is 17.7. The van der Waals surface area contributed by atoms with Crippen molar-refractivity contribution in [1.29, 1.82) is 10.5 Å². The zero-order chi connectivity index (χ0) is 27.4. The predicted molar refractivity (Wildman–Crippen MR) is 142 cm³/mol. The van der Waals surface area contributed by atoms with E-state index in [0.29, 0.717) is 59.2 Å². The third-order valence-electron chi connectivity index (χ3n) is 5.67. The van der Waals surface area contributed by atoms with Crippen LogP contribution < -0.4 is 16.4 Å². The molecule has 0 saturated carbocycles. The highest BCUT2D eigenvalue weighted by atomic mass is 32.2. The van der Waals surface area contributed by atoms with Crippen LogP contribution in [0.2, 0.25) is 0 Å². The van der Waals surface area contributed by atoms with Crippen LogP contribution in [-0.4, -0.2) is 36.1 Å². The highest BCUT2D eigenvalue weighted by Gasteiger charge is 2.20. The molecule has 2 rings (SSSR count). The van der Waals surface area contributed by atoms with Gasteiger partial charge in [-0.25, -0.2) is 4.98 Å². The van der Waals surface area contributed by atoms with Crippen molar-refractivity contribution in [3.8, 4) is 12.1 Å². The number of thioether (sulfide) groups is 1. The minimum atomic E-state index is -0.662. The third kappa shape index (κ3) is 8.87. The largest absolute Gasteiger partial charge is 0.463 e. The molecular formula is C27H34N6O3S. The van der Waals surface area contributed by atoms with Gasteiger partial charge in [0.15, 0.2) is 0 Å². The number of nitrogens with zero attached hydrogens (tertiary/aromatic N) is 3. The van der Waals surface area contributed by atoms with Gasteiger partial charge in [-0.2, -0.15) is 10.5 Å². The molecular weight excluding hydrogens is 488 g/mol. The van der Waals surface area contributed by atoms with Crippen molar-refractivity contribution < 1.29 is 14.3 Å². The van der Waals surface area contributed by atoms with Crippen LogP contribution in [0.1, 0.15) is 61.2 Å². The molecule has 0 saturated heterocycles. The molecule has 1 amide bonds. The molecule has 2 aromatic rings. The van der Waals surface area contributed by atoms with Crippen LogP contribution in [0.5, 0.6) is 0 Å². The fraction of sp³-hybridized carbons (Fsp3) is 0.444. The van der Waals surface area contributed by atoms with E-state index in [1.807, 2.05) is 45.0 Å². The summed E-state index contributed by atoms with van der Waals surface area (Å²) in [7, 11) is 0. The summed E-state index contributed by atoms with van der Waals surface area (Å²) >= 11 is 1.44. The van der Waals surface area contributed by atoms with E-state index in [2.05, 4.69) is 27.8 Å². The van der Waals surface area contributed by atoms with Crippen LogP contribution in [0.3, 0.4) is 0 Å². The Morgan fingerprint density at radius 1 is 1.11 bits per heavy atom. The molecule has 0 aliphatic heterocycles. The first kappa shape index (κ1) is 29.8. The number of hydrogen-bond donors (Lipinski definition) is 3. The second kappa shape index (κ2) is 15.0. The monoisotopic (exact) mass is 522 g/mol. The maximum Gasteiger partial charge on any atom is 0.323 e. The topological polar surface area (TPSA) is 154 Å². The number of ether oxygens (including phenoxy) is 1. The van der Waals surface area contributed by atoms with Crippen LogP contribution >= 0.6 is 11.8 Å². The Morgan fingerprint density at radius 2 is 1.76 bits per heavy atom. The maximum absolute atomic E-state index is 11.9. The molecule has 0 spiro atoms. The van der Waals surface area contributed by atoms with Crippen molar-refractivity contribution in [2.45, 2.75) is 64.0 Å². The molecule has 0 aliphatic carbocycles. The summed E-state index contributed by atoms with van der Waals surface area (Å²) in [5.74, 6) is 0.0624. The summed E-state index contributed by atoms with van der Waals surface area (Å²) in [6.45, 7) is 8.39. The summed E-state index contributed by atoms with van der Waals surface area (Å²) in [6.07, 6.45) is 0.525. The van der Waals surface area contributed by atoms with E-state index in [1.54, 1.807) is 0 Å². The highest BCUT2D eigenvalue weighted by molar-refractivity contribution is 7.98. The van der Waals surface area contributed by atoms with Gasteiger partial charge in [0.25, 0.3) is 0 Å². The Hall–Kier alpha value is -3.44. The Labute approximate surface area is 222 Å². The van der Waals surface area contributed by atoms with Crippen LogP contribution in [0.25, 0.3) is 0 Å². The summed E-state index contributed by atoms with van der Waals surface area (Å²) in [4.78, 5) is 27.7. The summed E-state index contributed by atoms with van der Waals surface area (Å²) < 4.78 is 5.21. The molecule has 1 atom stereocenters. The fourth-order valence-electron chi connectivity index (χ4n) is 3.43. The lowest BCUT2D eigenvalue weighted by Gasteiger charge is -2.16. The quantitative estimate of drug-likeness (QED) is 0.205. The van der Waals surface area contributed by atoms with Gasteiger partial charge in [-0.3, -0.25) is 9.59 Å². The van der Waals surface area contributed by atoms with E-state index in [9.17, 15) is 20.1 Å². The first-order valence-corrected chi connectivity index (χ1v) is 13.1. The molecule has 0 bridgehead atoms. The molecule has 9 nitrogen and oxygen atoms in total. The van der Waals surface area contributed by atoms with Gasteiger partial charge in [0, 0.05) is 32.3 Å². The number of benzene rings is 1. The lowest BCUT2D eigenvalue weighted by Crippen LogP contribution is -2.38. The van der Waals surface area contributed by atoms with Crippen LogP contribution in [0.15, 0.2) is 29.3 Å². The maximum atomic E-state index is 11.9. The number of rotatable bonds is 13. The van der Waals surface area contributed by atoms with Crippen LogP contribution in [0, 0.1) is 28.6 Å². The van der Waals surface area contributed by atoms with E-state index in [0.717, 1.165) is 11.1 Å². The average molecular weight is 523 g/mol. The number of pyridine rings is 1. The molecule has 4 N–H and O–H groups in total. The number of carbonyl (C=O) groups is 2. The molecule has 10 heteroatoms. The van der Waals surface area contributed by atoms with Gasteiger partial charge in [0.05, 0.1) is 16.8 Å². The Balaban J connectivity index is 2.10. The SMILES string of the molecule is CCc1c(C#N)c(CNCCOC(=O)[C@@H](N)C(C)C)nc(SCc2ccc(CNC(C)=O)cc2)c1C#N. The second-order valence-electron chi connectivity index (χ2n) is 8.80. The zero-order valence-corrected chi connectivity index (χ0v) is 22.6. The first-order valence-electron chi connectivity index (χ1n) is 12.2.